The van der Waals surface area contributed by atoms with Crippen molar-refractivity contribution in [2.75, 3.05) is 26.2 Å². The number of aliphatic hydroxyl groups excluding tert-OH is 1. The fraction of sp³-hybridized carbons (Fsp3) is 0.529. The minimum atomic E-state index is -0.894. The van der Waals surface area contributed by atoms with Crippen LogP contribution in [0.1, 0.15) is 12.0 Å². The summed E-state index contributed by atoms with van der Waals surface area (Å²) in [6, 6.07) is 2.64. The molecule has 6 nitrogen and oxygen atoms in total. The zero-order valence-electron chi connectivity index (χ0n) is 13.6. The molecule has 3 atom stereocenters. The molecule has 3 aliphatic heterocycles. The zero-order chi connectivity index (χ0) is 17.7. The number of nitrogens with zero attached hydrogens (tertiary/aromatic N) is 3. The lowest BCUT2D eigenvalue weighted by atomic mass is 10.0. The first kappa shape index (κ1) is 16.4. The van der Waals surface area contributed by atoms with Crippen molar-refractivity contribution in [3.05, 3.63) is 35.4 Å². The molecule has 3 fully saturated rings. The van der Waals surface area contributed by atoms with E-state index in [1.165, 1.54) is 11.0 Å². The van der Waals surface area contributed by atoms with E-state index in [0.29, 0.717) is 38.2 Å². The molecule has 3 heterocycles. The third-order valence-corrected chi connectivity index (χ3v) is 5.27. The van der Waals surface area contributed by atoms with Gasteiger partial charge in [0.05, 0.1) is 6.10 Å². The van der Waals surface area contributed by atoms with Crippen molar-refractivity contribution >= 4 is 11.8 Å². The molecule has 1 aromatic carbocycles. The van der Waals surface area contributed by atoms with Crippen LogP contribution in [0.2, 0.25) is 0 Å². The quantitative estimate of drug-likeness (QED) is 0.812. The molecule has 3 saturated heterocycles. The smallest absolute Gasteiger partial charge is 0.247 e. The number of halogens is 2. The number of hydrogen-bond acceptors (Lipinski definition) is 4. The molecule has 2 amide bonds. The summed E-state index contributed by atoms with van der Waals surface area (Å²) in [6.45, 7) is 1.91. The van der Waals surface area contributed by atoms with Crippen LogP contribution >= 0.6 is 0 Å². The maximum Gasteiger partial charge on any atom is 0.247 e. The lowest BCUT2D eigenvalue weighted by Gasteiger charge is -2.47. The second-order valence-corrected chi connectivity index (χ2v) is 6.93. The van der Waals surface area contributed by atoms with Crippen LogP contribution in [0, 0.1) is 11.6 Å². The third kappa shape index (κ3) is 2.79. The van der Waals surface area contributed by atoms with Crippen LogP contribution < -0.4 is 0 Å². The molecule has 0 aromatic heterocycles. The number of fused-ring (bicyclic) bond motifs is 2. The normalized spacial score (nSPS) is 29.8. The van der Waals surface area contributed by atoms with Gasteiger partial charge in [0.2, 0.25) is 11.8 Å². The van der Waals surface area contributed by atoms with E-state index in [1.807, 2.05) is 4.90 Å². The summed E-state index contributed by atoms with van der Waals surface area (Å²) in [5.74, 6) is -2.03. The van der Waals surface area contributed by atoms with Crippen molar-refractivity contribution in [2.24, 2.45) is 0 Å². The Morgan fingerprint density at radius 1 is 1.00 bits per heavy atom. The van der Waals surface area contributed by atoms with Crippen molar-refractivity contribution in [1.29, 1.82) is 0 Å². The van der Waals surface area contributed by atoms with E-state index in [4.69, 9.17) is 0 Å². The molecule has 0 unspecified atom stereocenters. The van der Waals surface area contributed by atoms with Gasteiger partial charge < -0.3 is 14.9 Å². The summed E-state index contributed by atoms with van der Waals surface area (Å²) in [4.78, 5) is 30.4. The monoisotopic (exact) mass is 351 g/mol. The van der Waals surface area contributed by atoms with Crippen molar-refractivity contribution in [3.63, 3.8) is 0 Å². The van der Waals surface area contributed by atoms with Crippen LogP contribution in [0.25, 0.3) is 0 Å². The Labute approximate surface area is 143 Å². The van der Waals surface area contributed by atoms with E-state index in [1.54, 1.807) is 4.90 Å². The van der Waals surface area contributed by atoms with Crippen LogP contribution in [0.5, 0.6) is 0 Å². The number of piperazine rings is 2. The number of hydrogen-bond donors (Lipinski definition) is 1. The molecular formula is C17H19F2N3O3. The summed E-state index contributed by atoms with van der Waals surface area (Å²) < 4.78 is 26.4. The molecule has 0 aliphatic carbocycles. The molecule has 25 heavy (non-hydrogen) atoms. The summed E-state index contributed by atoms with van der Waals surface area (Å²) in [5, 5.41) is 9.78. The zero-order valence-corrected chi connectivity index (χ0v) is 13.6. The first-order valence-corrected chi connectivity index (χ1v) is 8.39. The lowest BCUT2D eigenvalue weighted by molar-refractivity contribution is -0.163. The van der Waals surface area contributed by atoms with Gasteiger partial charge in [-0.05, 0) is 17.7 Å². The summed E-state index contributed by atoms with van der Waals surface area (Å²) in [5.41, 5.74) is 0.622. The maximum absolute atomic E-state index is 13.4. The Hall–Kier alpha value is -2.06. The number of benzene rings is 1. The van der Waals surface area contributed by atoms with Gasteiger partial charge in [0.15, 0.2) is 11.6 Å². The van der Waals surface area contributed by atoms with Crippen LogP contribution in [-0.2, 0) is 16.1 Å². The van der Waals surface area contributed by atoms with Crippen molar-refractivity contribution < 1.29 is 23.5 Å². The van der Waals surface area contributed by atoms with Crippen LogP contribution in [-0.4, -0.2) is 76.0 Å². The fourth-order valence-electron chi connectivity index (χ4n) is 4.03. The molecule has 0 bridgehead atoms. The van der Waals surface area contributed by atoms with Gasteiger partial charge in [0, 0.05) is 39.1 Å². The minimum absolute atomic E-state index is 0.103. The first-order chi connectivity index (χ1) is 11.9. The number of rotatable bonds is 2. The maximum atomic E-state index is 13.4. The van der Waals surface area contributed by atoms with E-state index in [0.717, 1.165) is 12.1 Å². The minimum Gasteiger partial charge on any atom is -0.391 e. The Kier molecular flexibility index (Phi) is 3.96. The predicted molar refractivity (Wildman–Crippen MR) is 83.3 cm³/mol. The van der Waals surface area contributed by atoms with Gasteiger partial charge in [-0.25, -0.2) is 8.78 Å². The van der Waals surface area contributed by atoms with Crippen molar-refractivity contribution in [2.45, 2.75) is 31.2 Å². The van der Waals surface area contributed by atoms with E-state index in [9.17, 15) is 23.5 Å². The molecule has 3 aliphatic rings. The third-order valence-electron chi connectivity index (χ3n) is 5.27. The topological polar surface area (TPSA) is 64.1 Å². The van der Waals surface area contributed by atoms with Gasteiger partial charge in [0.25, 0.3) is 0 Å². The van der Waals surface area contributed by atoms with E-state index in [2.05, 4.69) is 0 Å². The molecule has 8 heteroatoms. The highest BCUT2D eigenvalue weighted by atomic mass is 19.2. The van der Waals surface area contributed by atoms with Gasteiger partial charge in [0.1, 0.15) is 12.1 Å². The highest BCUT2D eigenvalue weighted by Gasteiger charge is 2.51. The molecular weight excluding hydrogens is 332 g/mol. The van der Waals surface area contributed by atoms with Gasteiger partial charge >= 0.3 is 0 Å². The molecule has 4 rings (SSSR count). The second-order valence-electron chi connectivity index (χ2n) is 6.93. The summed E-state index contributed by atoms with van der Waals surface area (Å²) in [7, 11) is 0. The van der Waals surface area contributed by atoms with Crippen molar-refractivity contribution in [1.82, 2.24) is 14.7 Å². The van der Waals surface area contributed by atoms with Gasteiger partial charge in [-0.3, -0.25) is 14.5 Å². The van der Waals surface area contributed by atoms with Gasteiger partial charge in [-0.2, -0.15) is 0 Å². The first-order valence-electron chi connectivity index (χ1n) is 8.39. The van der Waals surface area contributed by atoms with E-state index < -0.39 is 29.8 Å². The summed E-state index contributed by atoms with van der Waals surface area (Å²) in [6.07, 6.45) is -0.357. The molecule has 1 N–H and O–H groups in total. The number of aliphatic hydroxyl groups is 1. The number of amides is 2. The Balaban J connectivity index is 1.49. The largest absolute Gasteiger partial charge is 0.391 e. The number of carbonyl (C=O) groups excluding carboxylic acids is 2. The SMILES string of the molecule is O=C1[C@@H]2C[C@@H](O)CN2C(=O)[C@H]2CN(Cc3ccc(F)c(F)c3)CCN12. The molecule has 0 radical (unpaired) electrons. The highest BCUT2D eigenvalue weighted by molar-refractivity contribution is 5.97. The average Bonchev–Trinajstić information content (AvgIpc) is 2.98. The Morgan fingerprint density at radius 2 is 1.76 bits per heavy atom. The van der Waals surface area contributed by atoms with Gasteiger partial charge in [-0.15, -0.1) is 0 Å². The molecule has 134 valence electrons. The van der Waals surface area contributed by atoms with E-state index in [-0.39, 0.29) is 18.4 Å². The van der Waals surface area contributed by atoms with Crippen LogP contribution in [0.3, 0.4) is 0 Å². The Morgan fingerprint density at radius 3 is 2.52 bits per heavy atom. The summed E-state index contributed by atoms with van der Waals surface area (Å²) >= 11 is 0. The Bertz CT molecular complexity index is 729. The van der Waals surface area contributed by atoms with Crippen molar-refractivity contribution in [3.8, 4) is 0 Å². The standard InChI is InChI=1S/C17H19F2N3O3/c18-12-2-1-10(5-13(12)19)7-20-3-4-21-15(9-20)17(25)22-8-11(23)6-14(22)16(21)24/h1-2,5,11,14-15,23H,3-4,6-9H2/t11-,14+,15-/m1/s1. The fourth-order valence-corrected chi connectivity index (χ4v) is 4.03. The predicted octanol–water partition coefficient (Wildman–Crippen LogP) is -0.0470. The molecule has 0 saturated carbocycles. The lowest BCUT2D eigenvalue weighted by Crippen LogP contribution is -2.68. The number of carbonyl (C=O) groups is 2. The second kappa shape index (κ2) is 6.03. The van der Waals surface area contributed by atoms with E-state index >= 15 is 0 Å². The van der Waals surface area contributed by atoms with Crippen LogP contribution in [0.15, 0.2) is 18.2 Å². The average molecular weight is 351 g/mol. The van der Waals surface area contributed by atoms with Crippen LogP contribution in [0.4, 0.5) is 8.78 Å². The van der Waals surface area contributed by atoms with Gasteiger partial charge in [-0.1, -0.05) is 6.07 Å². The molecule has 0 spiro atoms. The highest BCUT2D eigenvalue weighted by Crippen LogP contribution is 2.29. The molecule has 1 aromatic rings.